The van der Waals surface area contributed by atoms with Crippen LogP contribution in [0.2, 0.25) is 0 Å². The molecule has 0 aromatic carbocycles. The van der Waals surface area contributed by atoms with Crippen LogP contribution in [-0.2, 0) is 0 Å². The van der Waals surface area contributed by atoms with Crippen LogP contribution >= 0.6 is 0 Å². The summed E-state index contributed by atoms with van der Waals surface area (Å²) in [5, 5.41) is 16.8. The molecule has 0 radical (unpaired) electrons. The molecule has 2 aliphatic rings. The fourth-order valence-electron chi connectivity index (χ4n) is 2.34. The number of carbonyl (C=O) groups excluding carboxylic acids is 1. The predicted octanol–water partition coefficient (Wildman–Crippen LogP) is -0.196. The van der Waals surface area contributed by atoms with E-state index in [0.717, 1.165) is 38.4 Å². The minimum Gasteiger partial charge on any atom is -0.336 e. The maximum absolute atomic E-state index is 12.0. The second-order valence-electron chi connectivity index (χ2n) is 5.15. The van der Waals surface area contributed by atoms with Crippen LogP contribution in [0, 0.1) is 5.92 Å². The lowest BCUT2D eigenvalue weighted by Gasteiger charge is -2.31. The predicted molar refractivity (Wildman–Crippen MR) is 63.8 cm³/mol. The van der Waals surface area contributed by atoms with Gasteiger partial charge in [-0.05, 0) is 43.4 Å². The molecule has 0 bridgehead atoms. The molecule has 1 aliphatic carbocycles. The highest BCUT2D eigenvalue weighted by Crippen LogP contribution is 2.28. The van der Waals surface area contributed by atoms with Gasteiger partial charge in [0.05, 0.1) is 0 Å². The Hall–Kier alpha value is -1.50. The van der Waals surface area contributed by atoms with Gasteiger partial charge in [-0.15, -0.1) is 10.2 Å². The van der Waals surface area contributed by atoms with Crippen molar-refractivity contribution in [3.8, 4) is 0 Å². The molecule has 1 aromatic heterocycles. The minimum atomic E-state index is -0.121. The molecule has 2 heterocycles. The van der Waals surface area contributed by atoms with Crippen molar-refractivity contribution < 1.29 is 4.79 Å². The largest absolute Gasteiger partial charge is 0.336 e. The molecule has 7 heteroatoms. The van der Waals surface area contributed by atoms with Crippen molar-refractivity contribution in [2.45, 2.75) is 31.7 Å². The van der Waals surface area contributed by atoms with Crippen LogP contribution in [0.4, 0.5) is 0 Å². The fraction of sp³-hybridized carbons (Fsp3) is 0.818. The molecule has 0 unspecified atom stereocenters. The average Bonchev–Trinajstić information content (AvgIpc) is 3.08. The van der Waals surface area contributed by atoms with Gasteiger partial charge in [0.1, 0.15) is 0 Å². The van der Waals surface area contributed by atoms with Gasteiger partial charge >= 0.3 is 0 Å². The third kappa shape index (κ3) is 2.66. The van der Waals surface area contributed by atoms with E-state index in [0.29, 0.717) is 6.04 Å². The lowest BCUT2D eigenvalue weighted by Crippen LogP contribution is -2.45. The molecule has 7 nitrogen and oxygen atoms in total. The first-order chi connectivity index (χ1) is 8.83. The third-order valence-electron chi connectivity index (χ3n) is 3.71. The smallest absolute Gasteiger partial charge is 0.295 e. The summed E-state index contributed by atoms with van der Waals surface area (Å²) in [5.41, 5.74) is 0. The van der Waals surface area contributed by atoms with Crippen molar-refractivity contribution in [2.75, 3.05) is 19.6 Å². The molecule has 18 heavy (non-hydrogen) atoms. The molecule has 3 rings (SSSR count). The highest BCUT2D eigenvalue weighted by Gasteiger charge is 2.27. The van der Waals surface area contributed by atoms with Crippen molar-refractivity contribution in [2.24, 2.45) is 5.92 Å². The SMILES string of the molecule is O=C(c1nn[nH]n1)N1CCC(NCC2CC2)CC1. The van der Waals surface area contributed by atoms with E-state index in [1.807, 2.05) is 0 Å². The topological polar surface area (TPSA) is 86.8 Å². The maximum Gasteiger partial charge on any atom is 0.295 e. The Morgan fingerprint density at radius 2 is 2.11 bits per heavy atom. The zero-order valence-corrected chi connectivity index (χ0v) is 10.3. The minimum absolute atomic E-state index is 0.121. The lowest BCUT2D eigenvalue weighted by molar-refractivity contribution is 0.0692. The molecule has 2 fully saturated rings. The Kier molecular flexibility index (Phi) is 3.22. The van der Waals surface area contributed by atoms with Crippen LogP contribution in [-0.4, -0.2) is 57.1 Å². The average molecular weight is 250 g/mol. The van der Waals surface area contributed by atoms with Gasteiger partial charge < -0.3 is 10.2 Å². The first-order valence-corrected chi connectivity index (χ1v) is 6.59. The zero-order valence-electron chi connectivity index (χ0n) is 10.3. The van der Waals surface area contributed by atoms with Gasteiger partial charge in [0.15, 0.2) is 0 Å². The normalized spacial score (nSPS) is 21.2. The van der Waals surface area contributed by atoms with Crippen molar-refractivity contribution in [1.82, 2.24) is 30.8 Å². The number of tetrazole rings is 1. The second kappa shape index (κ2) is 5.01. The quantitative estimate of drug-likeness (QED) is 0.773. The summed E-state index contributed by atoms with van der Waals surface area (Å²) in [7, 11) is 0. The maximum atomic E-state index is 12.0. The molecule has 1 aromatic rings. The Morgan fingerprint density at radius 1 is 1.33 bits per heavy atom. The molecule has 2 N–H and O–H groups in total. The first-order valence-electron chi connectivity index (χ1n) is 6.59. The number of nitrogens with zero attached hydrogens (tertiary/aromatic N) is 4. The Balaban J connectivity index is 1.45. The summed E-state index contributed by atoms with van der Waals surface area (Å²) in [6, 6.07) is 0.555. The van der Waals surface area contributed by atoms with Crippen LogP contribution in [0.5, 0.6) is 0 Å². The van der Waals surface area contributed by atoms with E-state index in [2.05, 4.69) is 25.9 Å². The summed E-state index contributed by atoms with van der Waals surface area (Å²) < 4.78 is 0. The number of H-pyrrole nitrogens is 1. The number of piperidine rings is 1. The highest BCUT2D eigenvalue weighted by atomic mass is 16.2. The number of hydrogen-bond donors (Lipinski definition) is 2. The molecule has 0 spiro atoms. The van der Waals surface area contributed by atoms with Crippen molar-refractivity contribution in [3.63, 3.8) is 0 Å². The van der Waals surface area contributed by atoms with Gasteiger partial charge in [-0.1, -0.05) is 0 Å². The standard InChI is InChI=1S/C11H18N6O/c18-11(10-13-15-16-14-10)17-5-3-9(4-6-17)12-7-8-1-2-8/h8-9,12H,1-7H2,(H,13,14,15,16). The van der Waals surface area contributed by atoms with E-state index in [9.17, 15) is 4.79 Å². The van der Waals surface area contributed by atoms with Crippen LogP contribution in [0.1, 0.15) is 36.3 Å². The molecule has 1 amide bonds. The number of hydrogen-bond acceptors (Lipinski definition) is 5. The molecule has 1 aliphatic heterocycles. The number of aromatic amines is 1. The number of rotatable bonds is 4. The highest BCUT2D eigenvalue weighted by molar-refractivity contribution is 5.90. The second-order valence-corrected chi connectivity index (χ2v) is 5.15. The lowest BCUT2D eigenvalue weighted by atomic mass is 10.0. The molecule has 0 atom stereocenters. The third-order valence-corrected chi connectivity index (χ3v) is 3.71. The summed E-state index contributed by atoms with van der Waals surface area (Å²) in [6.45, 7) is 2.69. The molecule has 1 saturated carbocycles. The summed E-state index contributed by atoms with van der Waals surface area (Å²) >= 11 is 0. The number of likely N-dealkylation sites (tertiary alicyclic amines) is 1. The van der Waals surface area contributed by atoms with Gasteiger partial charge in [0, 0.05) is 19.1 Å². The molecular formula is C11H18N6O. The van der Waals surface area contributed by atoms with Crippen molar-refractivity contribution >= 4 is 5.91 Å². The van der Waals surface area contributed by atoms with E-state index >= 15 is 0 Å². The van der Waals surface area contributed by atoms with E-state index in [4.69, 9.17) is 0 Å². The van der Waals surface area contributed by atoms with E-state index in [1.165, 1.54) is 12.8 Å². The van der Waals surface area contributed by atoms with Crippen molar-refractivity contribution in [1.29, 1.82) is 0 Å². The van der Waals surface area contributed by atoms with Gasteiger partial charge in [0.2, 0.25) is 0 Å². The van der Waals surface area contributed by atoms with Crippen LogP contribution in [0.3, 0.4) is 0 Å². The monoisotopic (exact) mass is 250 g/mol. The van der Waals surface area contributed by atoms with Gasteiger partial charge in [-0.3, -0.25) is 4.79 Å². The molecular weight excluding hydrogens is 232 g/mol. The molecule has 1 saturated heterocycles. The van der Waals surface area contributed by atoms with Gasteiger partial charge in [0.25, 0.3) is 11.7 Å². The van der Waals surface area contributed by atoms with Crippen LogP contribution < -0.4 is 5.32 Å². The van der Waals surface area contributed by atoms with Crippen LogP contribution in [0.25, 0.3) is 0 Å². The van der Waals surface area contributed by atoms with E-state index < -0.39 is 0 Å². The zero-order chi connectivity index (χ0) is 12.4. The summed E-state index contributed by atoms with van der Waals surface area (Å²) in [4.78, 5) is 13.8. The van der Waals surface area contributed by atoms with Gasteiger partial charge in [-0.2, -0.15) is 5.21 Å². The summed E-state index contributed by atoms with van der Waals surface area (Å²) in [5.74, 6) is 0.952. The molecule has 98 valence electrons. The Labute approximate surface area is 105 Å². The van der Waals surface area contributed by atoms with Crippen LogP contribution in [0.15, 0.2) is 0 Å². The number of nitrogens with one attached hydrogen (secondary N) is 2. The van der Waals surface area contributed by atoms with Crippen molar-refractivity contribution in [3.05, 3.63) is 5.82 Å². The number of carbonyl (C=O) groups is 1. The van der Waals surface area contributed by atoms with E-state index in [1.54, 1.807) is 4.90 Å². The van der Waals surface area contributed by atoms with Gasteiger partial charge in [-0.25, -0.2) is 0 Å². The summed E-state index contributed by atoms with van der Waals surface area (Å²) in [6.07, 6.45) is 4.77. The fourth-order valence-corrected chi connectivity index (χ4v) is 2.34. The first kappa shape index (κ1) is 11.6. The number of amides is 1. The Morgan fingerprint density at radius 3 is 2.72 bits per heavy atom. The number of aromatic nitrogens is 4. The Bertz CT molecular complexity index is 394. The van der Waals surface area contributed by atoms with E-state index in [-0.39, 0.29) is 11.7 Å².